The fourth-order valence-electron chi connectivity index (χ4n) is 2.69. The van der Waals surface area contributed by atoms with Gasteiger partial charge >= 0.3 is 0 Å². The van der Waals surface area contributed by atoms with Gasteiger partial charge in [-0.15, -0.1) is 0 Å². The van der Waals surface area contributed by atoms with Gasteiger partial charge in [-0.1, -0.05) is 43.6 Å². The van der Waals surface area contributed by atoms with Gasteiger partial charge in [-0.2, -0.15) is 0 Å². The minimum atomic E-state index is 0.236. The Balaban J connectivity index is 2.13. The molecule has 1 amide bonds. The maximum Gasteiger partial charge on any atom is 0.222 e. The lowest BCUT2D eigenvalue weighted by Gasteiger charge is -2.23. The summed E-state index contributed by atoms with van der Waals surface area (Å²) in [6, 6.07) is 12.0. The van der Waals surface area contributed by atoms with Gasteiger partial charge in [-0.25, -0.2) is 0 Å². The summed E-state index contributed by atoms with van der Waals surface area (Å²) in [6.07, 6.45) is 4.53. The van der Waals surface area contributed by atoms with Gasteiger partial charge < -0.3 is 9.47 Å². The van der Waals surface area contributed by atoms with Crippen molar-refractivity contribution >= 4 is 17.5 Å². The van der Waals surface area contributed by atoms with Gasteiger partial charge in [0.1, 0.15) is 0 Å². The van der Waals surface area contributed by atoms with Crippen LogP contribution in [0.25, 0.3) is 0 Å². The Morgan fingerprint density at radius 2 is 1.91 bits per heavy atom. The second-order valence-electron chi connectivity index (χ2n) is 5.78. The van der Waals surface area contributed by atoms with Gasteiger partial charge in [-0.3, -0.25) is 4.79 Å². The van der Waals surface area contributed by atoms with Gasteiger partial charge in [0.25, 0.3) is 0 Å². The molecule has 0 radical (unpaired) electrons. The average Bonchev–Trinajstić information content (AvgIpc) is 2.96. The van der Waals surface area contributed by atoms with Crippen LogP contribution in [0.2, 0.25) is 5.02 Å². The number of hydrogen-bond acceptors (Lipinski definition) is 1. The van der Waals surface area contributed by atoms with Crippen LogP contribution in [0.5, 0.6) is 0 Å². The Morgan fingerprint density at radius 3 is 2.61 bits per heavy atom. The third kappa shape index (κ3) is 4.87. The van der Waals surface area contributed by atoms with Crippen molar-refractivity contribution in [3.63, 3.8) is 0 Å². The lowest BCUT2D eigenvalue weighted by atomic mass is 10.2. The molecule has 124 valence electrons. The van der Waals surface area contributed by atoms with Crippen molar-refractivity contribution in [2.24, 2.45) is 0 Å². The van der Waals surface area contributed by atoms with Crippen molar-refractivity contribution in [2.75, 3.05) is 6.54 Å². The second kappa shape index (κ2) is 8.78. The summed E-state index contributed by atoms with van der Waals surface area (Å²) in [4.78, 5) is 14.2. The zero-order valence-electron chi connectivity index (χ0n) is 14.0. The van der Waals surface area contributed by atoms with Gasteiger partial charge in [0.05, 0.1) is 6.54 Å². The summed E-state index contributed by atoms with van der Waals surface area (Å²) >= 11 is 6.26. The van der Waals surface area contributed by atoms with Gasteiger partial charge in [0, 0.05) is 36.4 Å². The van der Waals surface area contributed by atoms with E-state index in [2.05, 4.69) is 17.6 Å². The van der Waals surface area contributed by atoms with Crippen molar-refractivity contribution in [3.05, 3.63) is 58.9 Å². The molecule has 0 spiro atoms. The monoisotopic (exact) mass is 332 g/mol. The Hall–Kier alpha value is -1.74. The van der Waals surface area contributed by atoms with Crippen molar-refractivity contribution in [1.82, 2.24) is 9.47 Å². The molecule has 0 atom stereocenters. The third-order valence-corrected chi connectivity index (χ3v) is 4.25. The Bertz CT molecular complexity index is 636. The fourth-order valence-corrected chi connectivity index (χ4v) is 2.88. The summed E-state index contributed by atoms with van der Waals surface area (Å²) in [6.45, 7) is 6.33. The van der Waals surface area contributed by atoms with Crippen LogP contribution < -0.4 is 0 Å². The highest BCUT2D eigenvalue weighted by atomic mass is 35.5. The Kier molecular flexibility index (Phi) is 6.72. The molecule has 0 bridgehead atoms. The highest BCUT2D eigenvalue weighted by Crippen LogP contribution is 2.18. The molecule has 0 saturated heterocycles. The summed E-state index contributed by atoms with van der Waals surface area (Å²) in [5, 5.41) is 0.777. The molecule has 0 fully saturated rings. The average molecular weight is 333 g/mol. The molecule has 0 aliphatic rings. The normalized spacial score (nSPS) is 10.7. The number of carbonyl (C=O) groups is 1. The highest BCUT2D eigenvalue weighted by molar-refractivity contribution is 6.31. The van der Waals surface area contributed by atoms with Crippen LogP contribution in [-0.4, -0.2) is 21.9 Å². The molecule has 23 heavy (non-hydrogen) atoms. The number of hydrogen-bond donors (Lipinski definition) is 0. The first-order valence-electron chi connectivity index (χ1n) is 8.30. The first-order valence-corrected chi connectivity index (χ1v) is 8.68. The standard InChI is InChI=1S/C19H25ClN2O/c1-3-8-19(23)22(12-4-2)15-17-10-7-13-21(17)14-16-9-5-6-11-18(16)20/h5-7,9-11,13H,3-4,8,12,14-15H2,1-2H3. The van der Waals surface area contributed by atoms with E-state index in [-0.39, 0.29) is 5.91 Å². The summed E-state index contributed by atoms with van der Waals surface area (Å²) in [7, 11) is 0. The highest BCUT2D eigenvalue weighted by Gasteiger charge is 2.14. The third-order valence-electron chi connectivity index (χ3n) is 3.89. The predicted molar refractivity (Wildman–Crippen MR) is 95.6 cm³/mol. The smallest absolute Gasteiger partial charge is 0.222 e. The lowest BCUT2D eigenvalue weighted by molar-refractivity contribution is -0.132. The van der Waals surface area contributed by atoms with E-state index in [1.54, 1.807) is 0 Å². The van der Waals surface area contributed by atoms with E-state index in [0.29, 0.717) is 13.0 Å². The summed E-state index contributed by atoms with van der Waals surface area (Å²) in [5.74, 6) is 0.236. The van der Waals surface area contributed by atoms with Crippen LogP contribution in [0, 0.1) is 0 Å². The second-order valence-corrected chi connectivity index (χ2v) is 6.19. The molecular weight excluding hydrogens is 308 g/mol. The first-order chi connectivity index (χ1) is 11.2. The Morgan fingerprint density at radius 1 is 1.13 bits per heavy atom. The molecule has 4 heteroatoms. The molecular formula is C19H25ClN2O. The number of nitrogens with zero attached hydrogens (tertiary/aromatic N) is 2. The number of carbonyl (C=O) groups excluding carboxylic acids is 1. The maximum absolute atomic E-state index is 12.3. The van der Waals surface area contributed by atoms with Crippen molar-refractivity contribution in [1.29, 1.82) is 0 Å². The first kappa shape index (κ1) is 17.6. The molecule has 0 unspecified atom stereocenters. The number of halogens is 1. The van der Waals surface area contributed by atoms with E-state index < -0.39 is 0 Å². The predicted octanol–water partition coefficient (Wildman–Crippen LogP) is 4.73. The van der Waals surface area contributed by atoms with Crippen molar-refractivity contribution < 1.29 is 4.79 Å². The maximum atomic E-state index is 12.3. The quantitative estimate of drug-likeness (QED) is 0.686. The molecule has 1 aromatic heterocycles. The van der Waals surface area contributed by atoms with E-state index in [0.717, 1.165) is 42.2 Å². The van der Waals surface area contributed by atoms with Crippen LogP contribution in [0.15, 0.2) is 42.6 Å². The molecule has 3 nitrogen and oxygen atoms in total. The molecule has 0 saturated carbocycles. The topological polar surface area (TPSA) is 25.2 Å². The largest absolute Gasteiger partial charge is 0.345 e. The SMILES string of the molecule is CCCC(=O)N(CCC)Cc1cccn1Cc1ccccc1Cl. The molecule has 2 rings (SSSR count). The van der Waals surface area contributed by atoms with Crippen molar-refractivity contribution in [2.45, 2.75) is 46.2 Å². The van der Waals surface area contributed by atoms with Gasteiger partial charge in [0.2, 0.25) is 5.91 Å². The number of aromatic nitrogens is 1. The van der Waals surface area contributed by atoms with E-state index in [1.165, 1.54) is 0 Å². The Labute approximate surface area is 143 Å². The van der Waals surface area contributed by atoms with Crippen LogP contribution in [0.3, 0.4) is 0 Å². The lowest BCUT2D eigenvalue weighted by Crippen LogP contribution is -2.31. The van der Waals surface area contributed by atoms with E-state index >= 15 is 0 Å². The van der Waals surface area contributed by atoms with Crippen LogP contribution in [0.4, 0.5) is 0 Å². The molecule has 1 heterocycles. The van der Waals surface area contributed by atoms with E-state index in [9.17, 15) is 4.79 Å². The fraction of sp³-hybridized carbons (Fsp3) is 0.421. The van der Waals surface area contributed by atoms with E-state index in [4.69, 9.17) is 11.6 Å². The van der Waals surface area contributed by atoms with Crippen LogP contribution in [0.1, 0.15) is 44.4 Å². The van der Waals surface area contributed by atoms with Gasteiger partial charge in [-0.05, 0) is 36.6 Å². The molecule has 2 aromatic rings. The summed E-state index contributed by atoms with van der Waals surface area (Å²) < 4.78 is 2.17. The molecule has 1 aromatic carbocycles. The zero-order valence-corrected chi connectivity index (χ0v) is 14.7. The van der Waals surface area contributed by atoms with Crippen molar-refractivity contribution in [3.8, 4) is 0 Å². The zero-order chi connectivity index (χ0) is 16.7. The van der Waals surface area contributed by atoms with Crippen LogP contribution >= 0.6 is 11.6 Å². The molecule has 0 aliphatic heterocycles. The van der Waals surface area contributed by atoms with Crippen LogP contribution in [-0.2, 0) is 17.9 Å². The number of rotatable bonds is 8. The molecule has 0 N–H and O–H groups in total. The number of benzene rings is 1. The minimum Gasteiger partial charge on any atom is -0.345 e. The van der Waals surface area contributed by atoms with E-state index in [1.807, 2.05) is 48.4 Å². The number of amides is 1. The summed E-state index contributed by atoms with van der Waals surface area (Å²) in [5.41, 5.74) is 2.23. The minimum absolute atomic E-state index is 0.236. The molecule has 0 aliphatic carbocycles. The van der Waals surface area contributed by atoms with Gasteiger partial charge in [0.15, 0.2) is 0 Å².